The highest BCUT2D eigenvalue weighted by atomic mass is 19.3. The Bertz CT molecular complexity index is 540. The number of halogens is 2. The van der Waals surface area contributed by atoms with Crippen molar-refractivity contribution in [3.05, 3.63) is 23.8 Å². The summed E-state index contributed by atoms with van der Waals surface area (Å²) < 4.78 is 25.1. The van der Waals surface area contributed by atoms with E-state index in [4.69, 9.17) is 0 Å². The van der Waals surface area contributed by atoms with Gasteiger partial charge in [0.25, 0.3) is 12.3 Å². The Labute approximate surface area is 127 Å². The van der Waals surface area contributed by atoms with Gasteiger partial charge in [0.05, 0.1) is 12.1 Å². The zero-order valence-electron chi connectivity index (χ0n) is 12.4. The molecule has 0 unspecified atom stereocenters. The highest BCUT2D eigenvalue weighted by Gasteiger charge is 2.31. The van der Waals surface area contributed by atoms with Gasteiger partial charge in [-0.25, -0.2) is 8.78 Å². The predicted molar refractivity (Wildman–Crippen MR) is 77.3 cm³/mol. The van der Waals surface area contributed by atoms with Crippen molar-refractivity contribution in [2.75, 3.05) is 26.2 Å². The maximum absolute atomic E-state index is 12.6. The molecule has 22 heavy (non-hydrogen) atoms. The molecule has 0 bridgehead atoms. The molecule has 1 saturated heterocycles. The van der Waals surface area contributed by atoms with Crippen LogP contribution in [0.15, 0.2) is 18.2 Å². The van der Waals surface area contributed by atoms with E-state index in [1.54, 1.807) is 9.80 Å². The predicted octanol–water partition coefficient (Wildman–Crippen LogP) is 1.90. The zero-order chi connectivity index (χ0) is 16.3. The van der Waals surface area contributed by atoms with Crippen LogP contribution in [0.2, 0.25) is 0 Å². The van der Waals surface area contributed by atoms with E-state index in [1.807, 2.05) is 6.92 Å². The summed E-state index contributed by atoms with van der Waals surface area (Å²) in [5.74, 6) is -0.761. The second-order valence-electron chi connectivity index (χ2n) is 5.40. The third kappa shape index (κ3) is 3.65. The normalized spacial score (nSPS) is 19.6. The Kier molecular flexibility index (Phi) is 5.18. The summed E-state index contributed by atoms with van der Waals surface area (Å²) in [5.41, 5.74) is 0.106. The number of rotatable bonds is 4. The minimum Gasteiger partial charge on any atom is -0.508 e. The number of amides is 1. The van der Waals surface area contributed by atoms with E-state index in [-0.39, 0.29) is 35.6 Å². The first-order chi connectivity index (χ1) is 10.4. The number of aromatic hydroxyl groups is 2. The Morgan fingerprint density at radius 2 is 2.09 bits per heavy atom. The molecule has 1 atom stereocenters. The number of hydrogen-bond donors (Lipinski definition) is 2. The van der Waals surface area contributed by atoms with Gasteiger partial charge in [0.1, 0.15) is 11.5 Å². The highest BCUT2D eigenvalue weighted by Crippen LogP contribution is 2.25. The standard InChI is InChI=1S/C15H20F2N2O3/c1-2-10-8-19(6-5-18(10)9-14(16)17)15(22)12-4-3-11(20)7-13(12)21/h3-4,7,10,14,20-21H,2,5-6,8-9H2,1H3/t10-/m1/s1. The van der Waals surface area contributed by atoms with Crippen LogP contribution in [0.1, 0.15) is 23.7 Å². The van der Waals surface area contributed by atoms with Crippen molar-refractivity contribution >= 4 is 5.91 Å². The fraction of sp³-hybridized carbons (Fsp3) is 0.533. The first-order valence-corrected chi connectivity index (χ1v) is 7.25. The molecule has 1 aliphatic rings. The maximum atomic E-state index is 12.6. The number of carbonyl (C=O) groups excluding carboxylic acids is 1. The lowest BCUT2D eigenvalue weighted by molar-refractivity contribution is 0.0185. The molecule has 0 aromatic heterocycles. The third-order valence-corrected chi connectivity index (χ3v) is 3.95. The summed E-state index contributed by atoms with van der Waals surface area (Å²) in [6.45, 7) is 2.68. The quantitative estimate of drug-likeness (QED) is 0.891. The van der Waals surface area contributed by atoms with Crippen molar-refractivity contribution in [3.63, 3.8) is 0 Å². The van der Waals surface area contributed by atoms with Crippen molar-refractivity contribution in [2.24, 2.45) is 0 Å². The van der Waals surface area contributed by atoms with Crippen LogP contribution < -0.4 is 0 Å². The molecule has 1 aliphatic heterocycles. The van der Waals surface area contributed by atoms with E-state index in [0.29, 0.717) is 26.1 Å². The number of alkyl halides is 2. The van der Waals surface area contributed by atoms with Gasteiger partial charge in [-0.2, -0.15) is 0 Å². The minimum absolute atomic E-state index is 0.106. The lowest BCUT2D eigenvalue weighted by Crippen LogP contribution is -2.55. The Hall–Kier alpha value is -1.89. The van der Waals surface area contributed by atoms with Crippen LogP contribution in [-0.4, -0.2) is 64.6 Å². The molecule has 5 nitrogen and oxygen atoms in total. The molecule has 7 heteroatoms. The van der Waals surface area contributed by atoms with E-state index in [0.717, 1.165) is 6.07 Å². The van der Waals surface area contributed by atoms with Crippen molar-refractivity contribution in [1.29, 1.82) is 0 Å². The molecule has 2 N–H and O–H groups in total. The van der Waals surface area contributed by atoms with Gasteiger partial charge >= 0.3 is 0 Å². The van der Waals surface area contributed by atoms with Crippen molar-refractivity contribution in [3.8, 4) is 11.5 Å². The van der Waals surface area contributed by atoms with Crippen molar-refractivity contribution < 1.29 is 23.8 Å². The van der Waals surface area contributed by atoms with Crippen LogP contribution in [0.5, 0.6) is 11.5 Å². The van der Waals surface area contributed by atoms with Gasteiger partial charge in [0.15, 0.2) is 0 Å². The van der Waals surface area contributed by atoms with Gasteiger partial charge in [0, 0.05) is 31.7 Å². The molecule has 1 fully saturated rings. The Morgan fingerprint density at radius 3 is 2.68 bits per heavy atom. The molecule has 0 aliphatic carbocycles. The maximum Gasteiger partial charge on any atom is 0.257 e. The van der Waals surface area contributed by atoms with Crippen molar-refractivity contribution in [2.45, 2.75) is 25.8 Å². The number of nitrogens with zero attached hydrogens (tertiary/aromatic N) is 2. The van der Waals surface area contributed by atoms with E-state index in [1.165, 1.54) is 12.1 Å². The first-order valence-electron chi connectivity index (χ1n) is 7.25. The largest absolute Gasteiger partial charge is 0.508 e. The number of hydrogen-bond acceptors (Lipinski definition) is 4. The number of piperazine rings is 1. The van der Waals surface area contributed by atoms with Gasteiger partial charge in [-0.15, -0.1) is 0 Å². The van der Waals surface area contributed by atoms with Gasteiger partial charge in [0.2, 0.25) is 0 Å². The van der Waals surface area contributed by atoms with Crippen LogP contribution in [-0.2, 0) is 0 Å². The third-order valence-electron chi connectivity index (χ3n) is 3.95. The number of benzene rings is 1. The first kappa shape index (κ1) is 16.5. The minimum atomic E-state index is -2.39. The monoisotopic (exact) mass is 314 g/mol. The Balaban J connectivity index is 2.09. The molecule has 1 amide bonds. The van der Waals surface area contributed by atoms with Gasteiger partial charge in [-0.05, 0) is 18.6 Å². The van der Waals surface area contributed by atoms with Crippen LogP contribution >= 0.6 is 0 Å². The average molecular weight is 314 g/mol. The van der Waals surface area contributed by atoms with Crippen LogP contribution in [0.3, 0.4) is 0 Å². The van der Waals surface area contributed by atoms with E-state index in [2.05, 4.69) is 0 Å². The summed E-state index contributed by atoms with van der Waals surface area (Å²) in [5, 5.41) is 19.0. The number of carbonyl (C=O) groups is 1. The van der Waals surface area contributed by atoms with Gasteiger partial charge in [-0.3, -0.25) is 9.69 Å². The average Bonchev–Trinajstić information content (AvgIpc) is 2.46. The van der Waals surface area contributed by atoms with E-state index in [9.17, 15) is 23.8 Å². The van der Waals surface area contributed by atoms with Gasteiger partial charge in [-0.1, -0.05) is 6.92 Å². The summed E-state index contributed by atoms with van der Waals surface area (Å²) >= 11 is 0. The topological polar surface area (TPSA) is 64.0 Å². The fourth-order valence-corrected chi connectivity index (χ4v) is 2.75. The molecule has 1 aromatic rings. The van der Waals surface area contributed by atoms with E-state index >= 15 is 0 Å². The van der Waals surface area contributed by atoms with Crippen molar-refractivity contribution in [1.82, 2.24) is 9.80 Å². The van der Waals surface area contributed by atoms with Crippen LogP contribution in [0.25, 0.3) is 0 Å². The van der Waals surface area contributed by atoms with Gasteiger partial charge < -0.3 is 15.1 Å². The fourth-order valence-electron chi connectivity index (χ4n) is 2.75. The molecule has 0 saturated carbocycles. The molecular formula is C15H20F2N2O3. The lowest BCUT2D eigenvalue weighted by Gasteiger charge is -2.41. The summed E-state index contributed by atoms with van der Waals surface area (Å²) in [7, 11) is 0. The molecular weight excluding hydrogens is 294 g/mol. The number of phenolic OH excluding ortho intramolecular Hbond substituents is 2. The summed E-state index contributed by atoms with van der Waals surface area (Å²) in [6.07, 6.45) is -1.73. The second kappa shape index (κ2) is 6.91. The lowest BCUT2D eigenvalue weighted by atomic mass is 10.1. The van der Waals surface area contributed by atoms with Crippen LogP contribution in [0.4, 0.5) is 8.78 Å². The molecule has 122 valence electrons. The number of phenols is 2. The van der Waals surface area contributed by atoms with E-state index < -0.39 is 6.43 Å². The molecule has 1 aromatic carbocycles. The molecule has 0 spiro atoms. The molecule has 2 rings (SSSR count). The SMILES string of the molecule is CC[C@@H]1CN(C(=O)c2ccc(O)cc2O)CCN1CC(F)F. The smallest absolute Gasteiger partial charge is 0.257 e. The Morgan fingerprint density at radius 1 is 1.36 bits per heavy atom. The zero-order valence-corrected chi connectivity index (χ0v) is 12.4. The molecule has 1 heterocycles. The second-order valence-corrected chi connectivity index (χ2v) is 5.40. The summed E-state index contributed by atoms with van der Waals surface area (Å²) in [6, 6.07) is 3.68. The highest BCUT2D eigenvalue weighted by molar-refractivity contribution is 5.97. The van der Waals surface area contributed by atoms with Crippen LogP contribution in [0, 0.1) is 0 Å². The summed E-state index contributed by atoms with van der Waals surface area (Å²) in [4.78, 5) is 15.7. The molecule has 0 radical (unpaired) electrons.